The van der Waals surface area contributed by atoms with E-state index in [9.17, 15) is 4.39 Å². The lowest BCUT2D eigenvalue weighted by Crippen LogP contribution is -2.34. The van der Waals surface area contributed by atoms with Crippen LogP contribution in [-0.2, 0) is 6.42 Å². The van der Waals surface area contributed by atoms with Gasteiger partial charge in [-0.15, -0.1) is 0 Å². The highest BCUT2D eigenvalue weighted by atomic mass is 35.5. The minimum atomic E-state index is -0.502. The van der Waals surface area contributed by atoms with Crippen LogP contribution in [0, 0.1) is 5.82 Å². The SMILES string of the molecule is NC(=Nc1ccc(F)c(Cl)c1)c1nonc1CCN1CCSCC1. The second kappa shape index (κ2) is 7.96. The maximum atomic E-state index is 13.2. The molecule has 1 saturated heterocycles. The number of aromatic nitrogens is 2. The molecule has 0 radical (unpaired) electrons. The molecule has 1 aliphatic heterocycles. The fourth-order valence-corrected chi connectivity index (χ4v) is 3.55. The van der Waals surface area contributed by atoms with Crippen molar-refractivity contribution in [2.75, 3.05) is 31.1 Å². The van der Waals surface area contributed by atoms with Crippen LogP contribution < -0.4 is 5.73 Å². The topological polar surface area (TPSA) is 80.5 Å². The number of halogens is 2. The predicted octanol–water partition coefficient (Wildman–Crippen LogP) is 2.49. The minimum Gasteiger partial charge on any atom is -0.382 e. The van der Waals surface area contributed by atoms with Crippen LogP contribution >= 0.6 is 23.4 Å². The Labute approximate surface area is 148 Å². The van der Waals surface area contributed by atoms with Crippen LogP contribution in [0.2, 0.25) is 5.02 Å². The fraction of sp³-hybridized carbons (Fsp3) is 0.400. The van der Waals surface area contributed by atoms with Gasteiger partial charge in [0.05, 0.1) is 10.7 Å². The first kappa shape index (κ1) is 17.2. The zero-order chi connectivity index (χ0) is 16.9. The quantitative estimate of drug-likeness (QED) is 0.644. The van der Waals surface area contributed by atoms with E-state index in [1.54, 1.807) is 0 Å². The lowest BCUT2D eigenvalue weighted by Gasteiger charge is -2.25. The summed E-state index contributed by atoms with van der Waals surface area (Å²) in [5.41, 5.74) is 7.54. The van der Waals surface area contributed by atoms with Gasteiger partial charge in [0.2, 0.25) is 0 Å². The van der Waals surface area contributed by atoms with Crippen molar-refractivity contribution in [2.24, 2.45) is 10.7 Å². The highest BCUT2D eigenvalue weighted by Crippen LogP contribution is 2.22. The normalized spacial score (nSPS) is 16.5. The summed E-state index contributed by atoms with van der Waals surface area (Å²) < 4.78 is 18.0. The third kappa shape index (κ3) is 4.25. The molecule has 1 fully saturated rings. The maximum absolute atomic E-state index is 13.2. The molecule has 0 spiro atoms. The summed E-state index contributed by atoms with van der Waals surface area (Å²) in [7, 11) is 0. The summed E-state index contributed by atoms with van der Waals surface area (Å²) in [5.74, 6) is 1.97. The van der Waals surface area contributed by atoms with Gasteiger partial charge in [-0.25, -0.2) is 14.0 Å². The summed E-state index contributed by atoms with van der Waals surface area (Å²) in [6.45, 7) is 3.02. The van der Waals surface area contributed by atoms with Crippen LogP contribution in [0.5, 0.6) is 0 Å². The Morgan fingerprint density at radius 2 is 2.17 bits per heavy atom. The van der Waals surface area contributed by atoms with Crippen molar-refractivity contribution in [3.8, 4) is 0 Å². The molecule has 0 aliphatic carbocycles. The maximum Gasteiger partial charge on any atom is 0.173 e. The summed E-state index contributed by atoms with van der Waals surface area (Å²) in [5, 5.41) is 7.77. The summed E-state index contributed by atoms with van der Waals surface area (Å²) in [4.78, 5) is 6.60. The van der Waals surface area contributed by atoms with Crippen molar-refractivity contribution in [2.45, 2.75) is 6.42 Å². The molecule has 0 atom stereocenters. The first-order chi connectivity index (χ1) is 11.6. The van der Waals surface area contributed by atoms with Gasteiger partial charge in [0.1, 0.15) is 11.5 Å². The number of rotatable bonds is 5. The molecule has 24 heavy (non-hydrogen) atoms. The van der Waals surface area contributed by atoms with Gasteiger partial charge < -0.3 is 10.6 Å². The van der Waals surface area contributed by atoms with Crippen molar-refractivity contribution in [1.82, 2.24) is 15.2 Å². The lowest BCUT2D eigenvalue weighted by molar-refractivity contribution is 0.289. The van der Waals surface area contributed by atoms with Crippen LogP contribution in [-0.4, -0.2) is 52.2 Å². The van der Waals surface area contributed by atoms with E-state index in [0.29, 0.717) is 23.5 Å². The van der Waals surface area contributed by atoms with E-state index in [1.807, 2.05) is 11.8 Å². The van der Waals surface area contributed by atoms with Gasteiger partial charge in [0, 0.05) is 37.6 Å². The zero-order valence-electron chi connectivity index (χ0n) is 12.9. The van der Waals surface area contributed by atoms with Crippen molar-refractivity contribution < 1.29 is 9.02 Å². The Morgan fingerprint density at radius 3 is 2.92 bits per heavy atom. The number of hydrogen-bond donors (Lipinski definition) is 1. The number of benzene rings is 1. The number of amidine groups is 1. The van der Waals surface area contributed by atoms with E-state index in [0.717, 1.165) is 31.1 Å². The third-order valence-electron chi connectivity index (χ3n) is 3.72. The number of hydrogen-bond acceptors (Lipinski definition) is 6. The average molecular weight is 370 g/mol. The Bertz CT molecular complexity index is 732. The van der Waals surface area contributed by atoms with Gasteiger partial charge >= 0.3 is 0 Å². The second-order valence-corrected chi connectivity index (χ2v) is 6.99. The van der Waals surface area contributed by atoms with Crippen LogP contribution in [0.4, 0.5) is 10.1 Å². The molecule has 0 saturated carbocycles. The monoisotopic (exact) mass is 369 g/mol. The van der Waals surface area contributed by atoms with E-state index in [1.165, 1.54) is 18.2 Å². The summed E-state index contributed by atoms with van der Waals surface area (Å²) >= 11 is 7.72. The molecular weight excluding hydrogens is 353 g/mol. The Kier molecular flexibility index (Phi) is 5.70. The standard InChI is InChI=1S/C15H17ClFN5OS/c16-11-9-10(1-2-12(11)17)19-15(18)14-13(20-23-21-14)3-4-22-5-7-24-8-6-22/h1-2,9H,3-8H2,(H2,18,19). The number of nitrogens with two attached hydrogens (primary N) is 1. The molecule has 0 unspecified atom stereocenters. The van der Waals surface area contributed by atoms with Gasteiger partial charge in [-0.1, -0.05) is 16.8 Å². The van der Waals surface area contributed by atoms with Gasteiger partial charge in [-0.3, -0.25) is 0 Å². The largest absolute Gasteiger partial charge is 0.382 e. The summed E-state index contributed by atoms with van der Waals surface area (Å²) in [6, 6.07) is 4.14. The minimum absolute atomic E-state index is 0.00878. The van der Waals surface area contributed by atoms with E-state index in [2.05, 4.69) is 20.2 Å². The van der Waals surface area contributed by atoms with Gasteiger partial charge in [-0.2, -0.15) is 11.8 Å². The Morgan fingerprint density at radius 1 is 1.38 bits per heavy atom. The van der Waals surface area contributed by atoms with E-state index in [-0.39, 0.29) is 10.9 Å². The summed E-state index contributed by atoms with van der Waals surface area (Å²) in [6.07, 6.45) is 0.684. The predicted molar refractivity (Wildman–Crippen MR) is 93.6 cm³/mol. The van der Waals surface area contributed by atoms with Crippen molar-refractivity contribution >= 4 is 34.9 Å². The van der Waals surface area contributed by atoms with Crippen LogP contribution in [0.3, 0.4) is 0 Å². The molecule has 2 aromatic rings. The molecular formula is C15H17ClFN5OS. The van der Waals surface area contributed by atoms with Crippen LogP contribution in [0.15, 0.2) is 27.8 Å². The highest BCUT2D eigenvalue weighted by molar-refractivity contribution is 7.99. The molecule has 2 N–H and O–H groups in total. The number of thioether (sulfide) groups is 1. The average Bonchev–Trinajstić information content (AvgIpc) is 3.06. The molecule has 1 aromatic carbocycles. The lowest BCUT2D eigenvalue weighted by atomic mass is 10.2. The Hall–Kier alpha value is -1.64. The first-order valence-electron chi connectivity index (χ1n) is 7.54. The van der Waals surface area contributed by atoms with Crippen molar-refractivity contribution in [3.05, 3.63) is 40.4 Å². The number of aliphatic imine (C=N–C) groups is 1. The molecule has 128 valence electrons. The Balaban J connectivity index is 1.70. The van der Waals surface area contributed by atoms with E-state index in [4.69, 9.17) is 22.0 Å². The molecule has 1 aromatic heterocycles. The molecule has 3 rings (SSSR count). The fourth-order valence-electron chi connectivity index (χ4n) is 2.40. The first-order valence-corrected chi connectivity index (χ1v) is 9.08. The van der Waals surface area contributed by atoms with Crippen LogP contribution in [0.1, 0.15) is 11.4 Å². The smallest absolute Gasteiger partial charge is 0.173 e. The van der Waals surface area contributed by atoms with Gasteiger partial charge in [-0.05, 0) is 23.4 Å². The van der Waals surface area contributed by atoms with E-state index < -0.39 is 5.82 Å². The molecule has 2 heterocycles. The third-order valence-corrected chi connectivity index (χ3v) is 4.95. The van der Waals surface area contributed by atoms with Gasteiger partial charge in [0.25, 0.3) is 0 Å². The highest BCUT2D eigenvalue weighted by Gasteiger charge is 2.17. The molecule has 0 bridgehead atoms. The molecule has 9 heteroatoms. The number of nitrogens with zero attached hydrogens (tertiary/aromatic N) is 4. The molecule has 1 aliphatic rings. The molecule has 6 nitrogen and oxygen atoms in total. The zero-order valence-corrected chi connectivity index (χ0v) is 14.5. The van der Waals surface area contributed by atoms with E-state index >= 15 is 0 Å². The van der Waals surface area contributed by atoms with Crippen molar-refractivity contribution in [1.29, 1.82) is 0 Å². The van der Waals surface area contributed by atoms with Crippen LogP contribution in [0.25, 0.3) is 0 Å². The van der Waals surface area contributed by atoms with Crippen molar-refractivity contribution in [3.63, 3.8) is 0 Å². The molecule has 0 amide bonds. The van der Waals surface area contributed by atoms with Gasteiger partial charge in [0.15, 0.2) is 11.5 Å². The second-order valence-electron chi connectivity index (χ2n) is 5.36.